The van der Waals surface area contributed by atoms with Gasteiger partial charge in [-0.25, -0.2) is 0 Å². The van der Waals surface area contributed by atoms with Gasteiger partial charge in [0.15, 0.2) is 0 Å². The molecular formula is C11H15NO2. The van der Waals surface area contributed by atoms with E-state index < -0.39 is 0 Å². The molecule has 3 nitrogen and oxygen atoms in total. The zero-order chi connectivity index (χ0) is 10.2. The van der Waals surface area contributed by atoms with Crippen molar-refractivity contribution < 1.29 is 9.47 Å². The number of nitrogens with two attached hydrogens (primary N) is 1. The third-order valence-corrected chi connectivity index (χ3v) is 2.45. The molecule has 1 unspecified atom stereocenters. The molecule has 0 aromatic heterocycles. The molecule has 1 aromatic carbocycles. The molecule has 1 heterocycles. The fourth-order valence-corrected chi connectivity index (χ4v) is 1.74. The van der Waals surface area contributed by atoms with Crippen molar-refractivity contribution in [2.45, 2.75) is 18.9 Å². The Balaban J connectivity index is 2.43. The number of rotatable bonds is 1. The summed E-state index contributed by atoms with van der Waals surface area (Å²) >= 11 is 0. The molecule has 1 aliphatic rings. The summed E-state index contributed by atoms with van der Waals surface area (Å²) in [6.45, 7) is 2.55. The van der Waals surface area contributed by atoms with Crippen molar-refractivity contribution in [1.82, 2.24) is 0 Å². The molecule has 3 heteroatoms. The largest absolute Gasteiger partial charge is 0.496 e. The van der Waals surface area contributed by atoms with E-state index in [1.807, 2.05) is 25.1 Å². The van der Waals surface area contributed by atoms with Gasteiger partial charge in [-0.15, -0.1) is 0 Å². The summed E-state index contributed by atoms with van der Waals surface area (Å²) in [5, 5.41) is 0. The second-order valence-electron chi connectivity index (χ2n) is 4.06. The molecule has 0 bridgehead atoms. The van der Waals surface area contributed by atoms with Crippen LogP contribution >= 0.6 is 0 Å². The first kappa shape index (κ1) is 9.34. The van der Waals surface area contributed by atoms with Crippen LogP contribution in [-0.4, -0.2) is 19.3 Å². The summed E-state index contributed by atoms with van der Waals surface area (Å²) in [6, 6.07) is 5.81. The molecule has 1 atom stereocenters. The molecule has 0 spiro atoms. The number of fused-ring (bicyclic) bond motifs is 1. The highest BCUT2D eigenvalue weighted by atomic mass is 16.5. The lowest BCUT2D eigenvalue weighted by Crippen LogP contribution is -2.47. The molecule has 0 amide bonds. The van der Waals surface area contributed by atoms with E-state index >= 15 is 0 Å². The summed E-state index contributed by atoms with van der Waals surface area (Å²) in [6.07, 6.45) is 0.798. The van der Waals surface area contributed by atoms with Gasteiger partial charge in [0.25, 0.3) is 0 Å². The summed E-state index contributed by atoms with van der Waals surface area (Å²) in [5.41, 5.74) is 6.82. The molecule has 0 fully saturated rings. The zero-order valence-corrected chi connectivity index (χ0v) is 8.54. The maximum absolute atomic E-state index is 6.04. The lowest BCUT2D eigenvalue weighted by molar-refractivity contribution is 0.201. The maximum Gasteiger partial charge on any atom is 0.126 e. The molecule has 0 aliphatic carbocycles. The van der Waals surface area contributed by atoms with E-state index in [0.717, 1.165) is 23.5 Å². The smallest absolute Gasteiger partial charge is 0.126 e. The average molecular weight is 193 g/mol. The average Bonchev–Trinajstić information content (AvgIpc) is 2.15. The van der Waals surface area contributed by atoms with Gasteiger partial charge in [-0.3, -0.25) is 0 Å². The van der Waals surface area contributed by atoms with Gasteiger partial charge in [0, 0.05) is 12.0 Å². The first-order valence-electron chi connectivity index (χ1n) is 4.70. The van der Waals surface area contributed by atoms with Crippen LogP contribution in [0.3, 0.4) is 0 Å². The van der Waals surface area contributed by atoms with Crippen molar-refractivity contribution in [3.8, 4) is 11.5 Å². The topological polar surface area (TPSA) is 44.5 Å². The predicted octanol–water partition coefficient (Wildman–Crippen LogP) is 1.35. The molecule has 14 heavy (non-hydrogen) atoms. The Labute approximate surface area is 83.8 Å². The maximum atomic E-state index is 6.04. The third-order valence-electron chi connectivity index (χ3n) is 2.45. The van der Waals surface area contributed by atoms with Crippen molar-refractivity contribution in [2.75, 3.05) is 13.7 Å². The normalized spacial score (nSPS) is 25.1. The van der Waals surface area contributed by atoms with Crippen molar-refractivity contribution >= 4 is 0 Å². The summed E-state index contributed by atoms with van der Waals surface area (Å²) < 4.78 is 10.8. The van der Waals surface area contributed by atoms with Crippen LogP contribution in [0.25, 0.3) is 0 Å². The van der Waals surface area contributed by atoms with Crippen molar-refractivity contribution in [3.05, 3.63) is 23.8 Å². The van der Waals surface area contributed by atoms with Gasteiger partial charge in [-0.1, -0.05) is 6.07 Å². The van der Waals surface area contributed by atoms with E-state index in [9.17, 15) is 0 Å². The second-order valence-corrected chi connectivity index (χ2v) is 4.06. The van der Waals surface area contributed by atoms with E-state index in [-0.39, 0.29) is 5.54 Å². The van der Waals surface area contributed by atoms with Gasteiger partial charge in [0.2, 0.25) is 0 Å². The molecule has 0 saturated carbocycles. The number of methoxy groups -OCH3 is 1. The molecule has 1 aromatic rings. The molecule has 2 N–H and O–H groups in total. The highest BCUT2D eigenvalue weighted by Gasteiger charge is 2.29. The zero-order valence-electron chi connectivity index (χ0n) is 8.54. The lowest BCUT2D eigenvalue weighted by Gasteiger charge is -2.31. The van der Waals surface area contributed by atoms with Gasteiger partial charge < -0.3 is 15.2 Å². The highest BCUT2D eigenvalue weighted by Crippen LogP contribution is 2.34. The van der Waals surface area contributed by atoms with Crippen LogP contribution in [0.4, 0.5) is 0 Å². The highest BCUT2D eigenvalue weighted by molar-refractivity contribution is 5.47. The van der Waals surface area contributed by atoms with Crippen molar-refractivity contribution in [2.24, 2.45) is 5.73 Å². The number of benzene rings is 1. The van der Waals surface area contributed by atoms with Gasteiger partial charge in [0.1, 0.15) is 18.1 Å². The van der Waals surface area contributed by atoms with Gasteiger partial charge >= 0.3 is 0 Å². The Hall–Kier alpha value is -1.22. The van der Waals surface area contributed by atoms with Crippen LogP contribution in [0.2, 0.25) is 0 Å². The standard InChI is InChI=1S/C11H15NO2/c1-11(12)6-8-9(13-2)4-3-5-10(8)14-7-11/h3-5H,6-7,12H2,1-2H3. The SMILES string of the molecule is COc1cccc2c1CC(C)(N)CO2. The minimum absolute atomic E-state index is 0.290. The Kier molecular flexibility index (Phi) is 2.11. The Morgan fingerprint density at radius 2 is 2.29 bits per heavy atom. The van der Waals surface area contributed by atoms with Crippen LogP contribution in [0.15, 0.2) is 18.2 Å². The third kappa shape index (κ3) is 1.55. The predicted molar refractivity (Wildman–Crippen MR) is 54.8 cm³/mol. The van der Waals surface area contributed by atoms with Crippen LogP contribution in [0.1, 0.15) is 12.5 Å². The van der Waals surface area contributed by atoms with E-state index in [1.165, 1.54) is 0 Å². The van der Waals surface area contributed by atoms with E-state index in [0.29, 0.717) is 6.61 Å². The fraction of sp³-hybridized carbons (Fsp3) is 0.455. The summed E-state index contributed by atoms with van der Waals surface area (Å²) in [7, 11) is 1.66. The molecule has 2 rings (SSSR count). The Bertz CT molecular complexity index is 333. The Morgan fingerprint density at radius 1 is 1.50 bits per heavy atom. The molecule has 0 radical (unpaired) electrons. The minimum atomic E-state index is -0.290. The van der Waals surface area contributed by atoms with Crippen molar-refractivity contribution in [1.29, 1.82) is 0 Å². The lowest BCUT2D eigenvalue weighted by atomic mass is 9.91. The monoisotopic (exact) mass is 193 g/mol. The molecular weight excluding hydrogens is 178 g/mol. The van der Waals surface area contributed by atoms with Crippen LogP contribution in [-0.2, 0) is 6.42 Å². The number of hydrogen-bond acceptors (Lipinski definition) is 3. The molecule has 0 saturated heterocycles. The summed E-state index contributed by atoms with van der Waals surface area (Å²) in [5.74, 6) is 1.76. The molecule has 1 aliphatic heterocycles. The quantitative estimate of drug-likeness (QED) is 0.732. The van der Waals surface area contributed by atoms with E-state index in [1.54, 1.807) is 7.11 Å². The fourth-order valence-electron chi connectivity index (χ4n) is 1.74. The van der Waals surface area contributed by atoms with Gasteiger partial charge in [0.05, 0.1) is 12.6 Å². The van der Waals surface area contributed by atoms with E-state index in [2.05, 4.69) is 0 Å². The van der Waals surface area contributed by atoms with Gasteiger partial charge in [-0.2, -0.15) is 0 Å². The number of ether oxygens (including phenoxy) is 2. The second kappa shape index (κ2) is 3.17. The van der Waals surface area contributed by atoms with Crippen LogP contribution in [0.5, 0.6) is 11.5 Å². The first-order chi connectivity index (χ1) is 6.62. The van der Waals surface area contributed by atoms with Gasteiger partial charge in [-0.05, 0) is 19.1 Å². The van der Waals surface area contributed by atoms with Crippen LogP contribution < -0.4 is 15.2 Å². The van der Waals surface area contributed by atoms with Crippen molar-refractivity contribution in [3.63, 3.8) is 0 Å². The minimum Gasteiger partial charge on any atom is -0.496 e. The first-order valence-corrected chi connectivity index (χ1v) is 4.70. The number of hydrogen-bond donors (Lipinski definition) is 1. The van der Waals surface area contributed by atoms with Crippen LogP contribution in [0, 0.1) is 0 Å². The van der Waals surface area contributed by atoms with E-state index in [4.69, 9.17) is 15.2 Å². The molecule has 76 valence electrons. The Morgan fingerprint density at radius 3 is 3.00 bits per heavy atom. The summed E-state index contributed by atoms with van der Waals surface area (Å²) in [4.78, 5) is 0.